The Bertz CT molecular complexity index is 959. The molecule has 0 bridgehead atoms. The second-order valence-electron chi connectivity index (χ2n) is 6.69. The number of nitrogens with zero attached hydrogens (tertiary/aromatic N) is 1. The molecule has 4 nitrogen and oxygen atoms in total. The lowest BCUT2D eigenvalue weighted by Gasteiger charge is -2.23. The van der Waals surface area contributed by atoms with Gasteiger partial charge in [0.05, 0.1) is 17.1 Å². The van der Waals surface area contributed by atoms with E-state index in [1.54, 1.807) is 11.3 Å². The highest BCUT2D eigenvalue weighted by Crippen LogP contribution is 2.31. The molecule has 0 aliphatic heterocycles. The molecule has 1 aliphatic rings. The number of fused-ring (bicyclic) bond motifs is 3. The molecule has 25 heavy (non-hydrogen) atoms. The highest BCUT2D eigenvalue weighted by Gasteiger charge is 2.24. The fourth-order valence-corrected chi connectivity index (χ4v) is 4.88. The van der Waals surface area contributed by atoms with E-state index in [1.165, 1.54) is 22.2 Å². The minimum Gasteiger partial charge on any atom is -0.358 e. The number of carbonyl (C=O) groups is 1. The molecule has 1 amide bonds. The molecule has 130 valence electrons. The highest BCUT2D eigenvalue weighted by molar-refractivity contribution is 9.10. The van der Waals surface area contributed by atoms with E-state index in [0.29, 0.717) is 6.42 Å². The van der Waals surface area contributed by atoms with Gasteiger partial charge in [0.2, 0.25) is 5.91 Å². The van der Waals surface area contributed by atoms with Crippen LogP contribution in [0.3, 0.4) is 0 Å². The third-order valence-electron chi connectivity index (χ3n) is 4.84. The van der Waals surface area contributed by atoms with Gasteiger partial charge in [0.1, 0.15) is 0 Å². The first-order valence-corrected chi connectivity index (χ1v) is 10.1. The smallest absolute Gasteiger partial charge is 0.226 e. The Hall–Kier alpha value is -1.66. The van der Waals surface area contributed by atoms with Crippen LogP contribution in [0.2, 0.25) is 0 Å². The number of H-pyrrole nitrogens is 1. The van der Waals surface area contributed by atoms with Gasteiger partial charge in [0.15, 0.2) is 0 Å². The zero-order valence-electron chi connectivity index (χ0n) is 14.3. The zero-order valence-corrected chi connectivity index (χ0v) is 16.7. The summed E-state index contributed by atoms with van der Waals surface area (Å²) in [4.78, 5) is 21.6. The quantitative estimate of drug-likeness (QED) is 0.669. The molecular weight excluding hydrogens is 398 g/mol. The Morgan fingerprint density at radius 1 is 1.44 bits per heavy atom. The zero-order chi connectivity index (χ0) is 17.6. The van der Waals surface area contributed by atoms with Crippen molar-refractivity contribution in [1.29, 1.82) is 0 Å². The van der Waals surface area contributed by atoms with Crippen molar-refractivity contribution in [2.75, 3.05) is 0 Å². The summed E-state index contributed by atoms with van der Waals surface area (Å²) in [5.41, 5.74) is 4.74. The van der Waals surface area contributed by atoms with E-state index in [-0.39, 0.29) is 11.9 Å². The number of halogens is 1. The Balaban J connectivity index is 1.48. The van der Waals surface area contributed by atoms with E-state index < -0.39 is 0 Å². The average Bonchev–Trinajstić information content (AvgIpc) is 3.06. The summed E-state index contributed by atoms with van der Waals surface area (Å²) in [6.45, 7) is 4.01. The predicted molar refractivity (Wildman–Crippen MR) is 105 cm³/mol. The van der Waals surface area contributed by atoms with E-state index in [0.717, 1.165) is 39.3 Å². The van der Waals surface area contributed by atoms with E-state index in [1.807, 2.05) is 13.8 Å². The second-order valence-corrected chi connectivity index (χ2v) is 9.01. The lowest BCUT2D eigenvalue weighted by molar-refractivity contribution is -0.121. The summed E-state index contributed by atoms with van der Waals surface area (Å²) >= 11 is 5.21. The van der Waals surface area contributed by atoms with Crippen LogP contribution in [-0.2, 0) is 24.1 Å². The summed E-state index contributed by atoms with van der Waals surface area (Å²) in [7, 11) is 0. The molecule has 0 fully saturated rings. The molecule has 0 saturated heterocycles. The Labute approximate surface area is 159 Å². The van der Waals surface area contributed by atoms with Crippen LogP contribution >= 0.6 is 27.3 Å². The van der Waals surface area contributed by atoms with Gasteiger partial charge in [-0.25, -0.2) is 4.98 Å². The number of aryl methyl sites for hydroxylation is 3. The van der Waals surface area contributed by atoms with Crippen LogP contribution < -0.4 is 5.32 Å². The molecule has 0 saturated carbocycles. The maximum absolute atomic E-state index is 12.4. The third-order valence-corrected chi connectivity index (χ3v) is 6.26. The second kappa shape index (κ2) is 6.57. The van der Waals surface area contributed by atoms with Gasteiger partial charge >= 0.3 is 0 Å². The van der Waals surface area contributed by atoms with Gasteiger partial charge in [0.25, 0.3) is 0 Å². The summed E-state index contributed by atoms with van der Waals surface area (Å²) in [5.74, 6) is 0.0721. The highest BCUT2D eigenvalue weighted by atomic mass is 79.9. The van der Waals surface area contributed by atoms with E-state index in [9.17, 15) is 4.79 Å². The van der Waals surface area contributed by atoms with Crippen molar-refractivity contribution in [3.8, 4) is 0 Å². The number of nitrogens with one attached hydrogen (secondary N) is 2. The SMILES string of the molecule is Cc1nc(CC(=O)N[C@H]2CCc3[nH]c4ccc(Br)cc4c3C2)c(C)s1. The van der Waals surface area contributed by atoms with Gasteiger partial charge in [-0.1, -0.05) is 15.9 Å². The number of thiazole rings is 1. The van der Waals surface area contributed by atoms with Crippen LogP contribution in [0, 0.1) is 13.8 Å². The van der Waals surface area contributed by atoms with Crippen molar-refractivity contribution in [3.05, 3.63) is 49.5 Å². The van der Waals surface area contributed by atoms with Crippen LogP contribution in [0.5, 0.6) is 0 Å². The molecule has 0 spiro atoms. The summed E-state index contributed by atoms with van der Waals surface area (Å²) in [6, 6.07) is 6.52. The van der Waals surface area contributed by atoms with Crippen LogP contribution in [0.25, 0.3) is 10.9 Å². The van der Waals surface area contributed by atoms with Crippen LogP contribution in [0.15, 0.2) is 22.7 Å². The summed E-state index contributed by atoms with van der Waals surface area (Å²) in [5, 5.41) is 5.49. The van der Waals surface area contributed by atoms with E-state index >= 15 is 0 Å². The fourth-order valence-electron chi connectivity index (χ4n) is 3.68. The first-order chi connectivity index (χ1) is 12.0. The fraction of sp³-hybridized carbons (Fsp3) is 0.368. The molecule has 1 aromatic carbocycles. The van der Waals surface area contributed by atoms with Crippen molar-refractivity contribution < 1.29 is 4.79 Å². The van der Waals surface area contributed by atoms with Gasteiger partial charge in [-0.05, 0) is 56.9 Å². The number of rotatable bonds is 3. The van der Waals surface area contributed by atoms with Gasteiger partial charge in [0, 0.05) is 32.0 Å². The van der Waals surface area contributed by atoms with Gasteiger partial charge in [-0.2, -0.15) is 0 Å². The molecular formula is C19H20BrN3OS. The number of amides is 1. The number of hydrogen-bond donors (Lipinski definition) is 2. The molecule has 4 rings (SSSR count). The van der Waals surface area contributed by atoms with Crippen molar-refractivity contribution >= 4 is 44.1 Å². The Kier molecular flexibility index (Phi) is 4.41. The van der Waals surface area contributed by atoms with Crippen molar-refractivity contribution in [2.45, 2.75) is 45.6 Å². The molecule has 1 atom stereocenters. The van der Waals surface area contributed by atoms with Crippen LogP contribution in [0.4, 0.5) is 0 Å². The standard InChI is InChI=1S/C19H20BrN3OS/c1-10-18(21-11(2)25-10)9-19(24)22-13-4-6-17-15(8-13)14-7-12(20)3-5-16(14)23-17/h3,5,7,13,23H,4,6,8-9H2,1-2H3,(H,22,24)/t13-/m0/s1. The number of aromatic nitrogens is 2. The predicted octanol–water partition coefficient (Wildman–Crippen LogP) is 4.22. The normalized spacial score (nSPS) is 16.8. The molecule has 2 heterocycles. The molecule has 2 N–H and O–H groups in total. The van der Waals surface area contributed by atoms with Crippen molar-refractivity contribution in [1.82, 2.24) is 15.3 Å². The maximum atomic E-state index is 12.4. The summed E-state index contributed by atoms with van der Waals surface area (Å²) in [6.07, 6.45) is 3.20. The third kappa shape index (κ3) is 3.37. The van der Waals surface area contributed by atoms with E-state index in [4.69, 9.17) is 0 Å². The lowest BCUT2D eigenvalue weighted by atomic mass is 9.91. The summed E-state index contributed by atoms with van der Waals surface area (Å²) < 4.78 is 1.09. The Morgan fingerprint density at radius 2 is 2.28 bits per heavy atom. The molecule has 1 aliphatic carbocycles. The molecule has 2 aromatic heterocycles. The van der Waals surface area contributed by atoms with Gasteiger partial charge in [-0.3, -0.25) is 4.79 Å². The number of aromatic amines is 1. The monoisotopic (exact) mass is 417 g/mol. The minimum atomic E-state index is 0.0721. The van der Waals surface area contributed by atoms with Gasteiger partial charge < -0.3 is 10.3 Å². The van der Waals surface area contributed by atoms with Crippen molar-refractivity contribution in [2.24, 2.45) is 0 Å². The van der Waals surface area contributed by atoms with Crippen LogP contribution in [-0.4, -0.2) is 21.9 Å². The number of hydrogen-bond acceptors (Lipinski definition) is 3. The minimum absolute atomic E-state index is 0.0721. The molecule has 0 radical (unpaired) electrons. The lowest BCUT2D eigenvalue weighted by Crippen LogP contribution is -2.39. The first kappa shape index (κ1) is 16.8. The van der Waals surface area contributed by atoms with Crippen molar-refractivity contribution in [3.63, 3.8) is 0 Å². The Morgan fingerprint density at radius 3 is 3.04 bits per heavy atom. The topological polar surface area (TPSA) is 57.8 Å². The van der Waals surface area contributed by atoms with E-state index in [2.05, 4.69) is 49.4 Å². The van der Waals surface area contributed by atoms with Crippen LogP contribution in [0.1, 0.15) is 33.3 Å². The first-order valence-electron chi connectivity index (χ1n) is 8.51. The number of benzene rings is 1. The number of carbonyl (C=O) groups excluding carboxylic acids is 1. The maximum Gasteiger partial charge on any atom is 0.226 e. The van der Waals surface area contributed by atoms with Gasteiger partial charge in [-0.15, -0.1) is 11.3 Å². The molecule has 6 heteroatoms. The largest absolute Gasteiger partial charge is 0.358 e. The molecule has 0 unspecified atom stereocenters. The average molecular weight is 418 g/mol. The molecule has 3 aromatic rings.